The second kappa shape index (κ2) is 5.68. The molecule has 6 nitrogen and oxygen atoms in total. The average molecular weight is 283 g/mol. The maximum Gasteiger partial charge on any atom is 0.238 e. The molecule has 19 heavy (non-hydrogen) atoms. The third-order valence-corrected chi connectivity index (χ3v) is 3.76. The van der Waals surface area contributed by atoms with Crippen molar-refractivity contribution in [1.29, 1.82) is 0 Å². The number of rotatable bonds is 6. The molecule has 7 heteroatoms. The van der Waals surface area contributed by atoms with Crippen molar-refractivity contribution in [3.05, 3.63) is 24.3 Å². The van der Waals surface area contributed by atoms with Gasteiger partial charge in [0, 0.05) is 24.7 Å². The van der Waals surface area contributed by atoms with E-state index in [4.69, 9.17) is 5.14 Å². The Hall–Kier alpha value is -1.44. The van der Waals surface area contributed by atoms with Crippen LogP contribution in [0.15, 0.2) is 29.2 Å². The highest BCUT2D eigenvalue weighted by molar-refractivity contribution is 7.89. The summed E-state index contributed by atoms with van der Waals surface area (Å²) in [6.45, 7) is 0.658. The van der Waals surface area contributed by atoms with Crippen molar-refractivity contribution in [3.8, 4) is 0 Å². The summed E-state index contributed by atoms with van der Waals surface area (Å²) >= 11 is 0. The monoisotopic (exact) mass is 283 g/mol. The fourth-order valence-corrected chi connectivity index (χ4v) is 2.14. The van der Waals surface area contributed by atoms with Crippen LogP contribution in [-0.2, 0) is 14.8 Å². The molecule has 0 heterocycles. The highest BCUT2D eigenvalue weighted by Gasteiger charge is 2.20. The normalized spacial score (nSPS) is 15.2. The van der Waals surface area contributed by atoms with Crippen LogP contribution in [0, 0.1) is 0 Å². The molecule has 0 unspecified atom stereocenters. The maximum absolute atomic E-state index is 11.6. The van der Waals surface area contributed by atoms with E-state index in [2.05, 4.69) is 10.6 Å². The standard InChI is InChI=1S/C12H17N3O3S/c13-19(17,18)11-5-3-10(4-6-11)15-12(16)7-8-14-9-1-2-9/h3-6,9,14H,1-2,7-8H2,(H,15,16)(H2,13,17,18). The van der Waals surface area contributed by atoms with Gasteiger partial charge in [0.15, 0.2) is 0 Å². The first-order valence-electron chi connectivity index (χ1n) is 6.11. The number of nitrogens with two attached hydrogens (primary N) is 1. The fraction of sp³-hybridized carbons (Fsp3) is 0.417. The molecule has 1 fully saturated rings. The molecule has 0 bridgehead atoms. The second-order valence-electron chi connectivity index (χ2n) is 4.60. The zero-order valence-electron chi connectivity index (χ0n) is 10.4. The highest BCUT2D eigenvalue weighted by atomic mass is 32.2. The van der Waals surface area contributed by atoms with Crippen molar-refractivity contribution in [2.75, 3.05) is 11.9 Å². The van der Waals surface area contributed by atoms with E-state index in [0.717, 1.165) is 0 Å². The molecule has 0 radical (unpaired) electrons. The second-order valence-corrected chi connectivity index (χ2v) is 6.16. The van der Waals surface area contributed by atoms with Crippen LogP contribution in [0.2, 0.25) is 0 Å². The third-order valence-electron chi connectivity index (χ3n) is 2.83. The summed E-state index contributed by atoms with van der Waals surface area (Å²) < 4.78 is 22.1. The molecule has 0 spiro atoms. The highest BCUT2D eigenvalue weighted by Crippen LogP contribution is 2.18. The zero-order valence-corrected chi connectivity index (χ0v) is 11.2. The molecule has 1 aromatic rings. The molecule has 104 valence electrons. The van der Waals surface area contributed by atoms with Gasteiger partial charge >= 0.3 is 0 Å². The number of primary sulfonamides is 1. The Labute approximate surface area is 112 Å². The first kappa shape index (κ1) is 14.0. The minimum atomic E-state index is -3.69. The van der Waals surface area contributed by atoms with E-state index in [-0.39, 0.29) is 10.8 Å². The number of anilines is 1. The Balaban J connectivity index is 1.82. The average Bonchev–Trinajstić information content (AvgIpc) is 3.12. The molecule has 0 aliphatic heterocycles. The molecule has 0 atom stereocenters. The number of hydrogen-bond donors (Lipinski definition) is 3. The molecule has 1 aliphatic rings. The van der Waals surface area contributed by atoms with E-state index >= 15 is 0 Å². The van der Waals surface area contributed by atoms with Gasteiger partial charge in [0.25, 0.3) is 0 Å². The lowest BCUT2D eigenvalue weighted by Crippen LogP contribution is -2.23. The summed E-state index contributed by atoms with van der Waals surface area (Å²) in [6, 6.07) is 6.36. The quantitative estimate of drug-likeness (QED) is 0.704. The summed E-state index contributed by atoms with van der Waals surface area (Å²) in [4.78, 5) is 11.6. The molecule has 0 saturated heterocycles. The van der Waals surface area contributed by atoms with Crippen molar-refractivity contribution < 1.29 is 13.2 Å². The minimum Gasteiger partial charge on any atom is -0.326 e. The topological polar surface area (TPSA) is 101 Å². The largest absolute Gasteiger partial charge is 0.326 e. The van der Waals surface area contributed by atoms with Crippen molar-refractivity contribution >= 4 is 21.6 Å². The lowest BCUT2D eigenvalue weighted by molar-refractivity contribution is -0.116. The minimum absolute atomic E-state index is 0.0286. The smallest absolute Gasteiger partial charge is 0.238 e. The number of sulfonamides is 1. The Bertz CT molecular complexity index is 550. The van der Waals surface area contributed by atoms with Gasteiger partial charge in [-0.25, -0.2) is 13.6 Å². The predicted molar refractivity (Wildman–Crippen MR) is 72.1 cm³/mol. The summed E-state index contributed by atoms with van der Waals surface area (Å²) in [7, 11) is -3.69. The Kier molecular flexibility index (Phi) is 4.18. The molecule has 4 N–H and O–H groups in total. The zero-order chi connectivity index (χ0) is 13.9. The van der Waals surface area contributed by atoms with E-state index in [0.29, 0.717) is 24.7 Å². The molecule has 1 saturated carbocycles. The first-order valence-corrected chi connectivity index (χ1v) is 7.66. The van der Waals surface area contributed by atoms with Gasteiger partial charge in [-0.1, -0.05) is 0 Å². The Morgan fingerprint density at radius 3 is 2.42 bits per heavy atom. The third kappa shape index (κ3) is 4.62. The van der Waals surface area contributed by atoms with Gasteiger partial charge in [0.05, 0.1) is 4.90 Å². The fourth-order valence-electron chi connectivity index (χ4n) is 1.63. The van der Waals surface area contributed by atoms with E-state index in [9.17, 15) is 13.2 Å². The molecular formula is C12H17N3O3S. The van der Waals surface area contributed by atoms with Crippen molar-refractivity contribution in [2.24, 2.45) is 5.14 Å². The van der Waals surface area contributed by atoms with Crippen LogP contribution in [0.4, 0.5) is 5.69 Å². The SMILES string of the molecule is NS(=O)(=O)c1ccc(NC(=O)CCNC2CC2)cc1. The number of benzene rings is 1. The van der Waals surface area contributed by atoms with Crippen LogP contribution in [0.25, 0.3) is 0 Å². The summed E-state index contributed by atoms with van der Waals surface area (Å²) in [5.74, 6) is -0.100. The van der Waals surface area contributed by atoms with Gasteiger partial charge in [0.2, 0.25) is 15.9 Å². The van der Waals surface area contributed by atoms with Crippen LogP contribution in [0.5, 0.6) is 0 Å². The van der Waals surface area contributed by atoms with Gasteiger partial charge in [-0.3, -0.25) is 4.79 Å². The molecule has 1 amide bonds. The molecule has 0 aromatic heterocycles. The molecule has 2 rings (SSSR count). The van der Waals surface area contributed by atoms with Crippen LogP contribution in [-0.4, -0.2) is 26.9 Å². The first-order chi connectivity index (χ1) is 8.95. The van der Waals surface area contributed by atoms with Crippen molar-refractivity contribution in [3.63, 3.8) is 0 Å². The van der Waals surface area contributed by atoms with Gasteiger partial charge < -0.3 is 10.6 Å². The van der Waals surface area contributed by atoms with Gasteiger partial charge in [0.1, 0.15) is 0 Å². The van der Waals surface area contributed by atoms with Gasteiger partial charge in [-0.2, -0.15) is 0 Å². The van der Waals surface area contributed by atoms with Crippen molar-refractivity contribution in [1.82, 2.24) is 5.32 Å². The van der Waals surface area contributed by atoms with Crippen LogP contribution in [0.3, 0.4) is 0 Å². The predicted octanol–water partition coefficient (Wildman–Crippen LogP) is 0.415. The number of carbonyl (C=O) groups is 1. The van der Waals surface area contributed by atoms with Gasteiger partial charge in [-0.15, -0.1) is 0 Å². The number of amides is 1. The lowest BCUT2D eigenvalue weighted by atomic mass is 10.3. The maximum atomic E-state index is 11.6. The van der Waals surface area contributed by atoms with E-state index in [1.807, 2.05) is 0 Å². The molecule has 1 aromatic carbocycles. The van der Waals surface area contributed by atoms with E-state index in [1.54, 1.807) is 0 Å². The molecular weight excluding hydrogens is 266 g/mol. The van der Waals surface area contributed by atoms with Crippen LogP contribution >= 0.6 is 0 Å². The number of hydrogen-bond acceptors (Lipinski definition) is 4. The Morgan fingerprint density at radius 2 is 1.89 bits per heavy atom. The van der Waals surface area contributed by atoms with Crippen LogP contribution < -0.4 is 15.8 Å². The van der Waals surface area contributed by atoms with Crippen LogP contribution in [0.1, 0.15) is 19.3 Å². The summed E-state index contributed by atoms with van der Waals surface area (Å²) in [6.07, 6.45) is 2.78. The Morgan fingerprint density at radius 1 is 1.26 bits per heavy atom. The summed E-state index contributed by atoms with van der Waals surface area (Å²) in [5, 5.41) is 10.9. The number of carbonyl (C=O) groups excluding carboxylic acids is 1. The number of nitrogens with one attached hydrogen (secondary N) is 2. The van der Waals surface area contributed by atoms with E-state index < -0.39 is 10.0 Å². The summed E-state index contributed by atoms with van der Waals surface area (Å²) in [5.41, 5.74) is 0.559. The lowest BCUT2D eigenvalue weighted by Gasteiger charge is -2.06. The molecule has 1 aliphatic carbocycles. The van der Waals surface area contributed by atoms with E-state index in [1.165, 1.54) is 37.1 Å². The van der Waals surface area contributed by atoms with Crippen molar-refractivity contribution in [2.45, 2.75) is 30.2 Å². The van der Waals surface area contributed by atoms with Gasteiger partial charge in [-0.05, 0) is 37.1 Å².